The Labute approximate surface area is 164 Å². The molecule has 27 heavy (non-hydrogen) atoms. The second-order valence-electron chi connectivity index (χ2n) is 6.54. The van der Waals surface area contributed by atoms with E-state index in [1.807, 2.05) is 12.1 Å². The molecule has 3 rings (SSSR count). The molecule has 0 bridgehead atoms. The molecule has 1 aromatic heterocycles. The number of nitrogens with one attached hydrogen (secondary N) is 1. The molecular weight excluding hydrogens is 364 g/mol. The van der Waals surface area contributed by atoms with E-state index in [1.54, 1.807) is 18.5 Å². The van der Waals surface area contributed by atoms with Crippen LogP contribution in [-0.4, -0.2) is 53.1 Å². The maximum Gasteiger partial charge on any atom is 0.221 e. The Balaban J connectivity index is 1.60. The Bertz CT molecular complexity index is 781. The van der Waals surface area contributed by atoms with E-state index in [-0.39, 0.29) is 12.0 Å². The third kappa shape index (κ3) is 4.96. The van der Waals surface area contributed by atoms with Crippen LogP contribution >= 0.6 is 11.6 Å². The summed E-state index contributed by atoms with van der Waals surface area (Å²) in [5.74, 6) is 1.39. The summed E-state index contributed by atoms with van der Waals surface area (Å²) < 4.78 is 6.10. The number of nitrogens with zero attached hydrogens (tertiary/aromatic N) is 3. The fraction of sp³-hybridized carbons (Fsp3) is 0.450. The van der Waals surface area contributed by atoms with Crippen LogP contribution in [0.15, 0.2) is 30.6 Å². The molecule has 1 amide bonds. The molecule has 0 saturated heterocycles. The lowest BCUT2D eigenvalue weighted by atomic mass is 10.1. The topological polar surface area (TPSA) is 67.4 Å². The minimum absolute atomic E-state index is 0.0473. The molecule has 1 aromatic carbocycles. The standard InChI is InChI=1S/C20H25ClN4O2/c1-3-25(4-2)9-6-18(26)24-13-16-11-14-10-15(21)12-17(19(14)27-16)20-22-7-5-8-23-20/h5,7-8,10,12,16H,3-4,6,9,11,13H2,1-2H3,(H,24,26). The van der Waals surface area contributed by atoms with Crippen molar-refractivity contribution in [1.29, 1.82) is 0 Å². The first kappa shape index (κ1) is 19.6. The van der Waals surface area contributed by atoms with Gasteiger partial charge in [0, 0.05) is 42.4 Å². The zero-order valence-electron chi connectivity index (χ0n) is 15.7. The first-order valence-electron chi connectivity index (χ1n) is 9.36. The molecule has 2 aromatic rings. The van der Waals surface area contributed by atoms with Crippen molar-refractivity contribution >= 4 is 17.5 Å². The highest BCUT2D eigenvalue weighted by Crippen LogP contribution is 2.39. The van der Waals surface area contributed by atoms with Crippen molar-refractivity contribution < 1.29 is 9.53 Å². The van der Waals surface area contributed by atoms with Crippen LogP contribution in [0, 0.1) is 0 Å². The second-order valence-corrected chi connectivity index (χ2v) is 6.98. The van der Waals surface area contributed by atoms with Crippen molar-refractivity contribution in [2.45, 2.75) is 32.8 Å². The van der Waals surface area contributed by atoms with Crippen molar-refractivity contribution in [2.24, 2.45) is 0 Å². The highest BCUT2D eigenvalue weighted by atomic mass is 35.5. The Hall–Kier alpha value is -2.18. The average Bonchev–Trinajstić information content (AvgIpc) is 3.10. The molecule has 7 heteroatoms. The number of amides is 1. The Morgan fingerprint density at radius 3 is 2.74 bits per heavy atom. The summed E-state index contributed by atoms with van der Waals surface area (Å²) in [4.78, 5) is 22.9. The number of fused-ring (bicyclic) bond motifs is 1. The van der Waals surface area contributed by atoms with E-state index in [2.05, 4.69) is 34.0 Å². The minimum Gasteiger partial charge on any atom is -0.487 e. The molecule has 1 aliphatic heterocycles. The predicted octanol–water partition coefficient (Wildman–Crippen LogP) is 2.95. The number of ether oxygens (including phenoxy) is 1. The second kappa shape index (κ2) is 9.15. The summed E-state index contributed by atoms with van der Waals surface area (Å²) in [6.07, 6.45) is 4.47. The van der Waals surface area contributed by atoms with E-state index in [1.165, 1.54) is 0 Å². The number of hydrogen-bond donors (Lipinski definition) is 1. The van der Waals surface area contributed by atoms with Crippen molar-refractivity contribution in [1.82, 2.24) is 20.2 Å². The summed E-state index contributed by atoms with van der Waals surface area (Å²) in [5.41, 5.74) is 1.81. The van der Waals surface area contributed by atoms with Crippen LogP contribution in [0.4, 0.5) is 0 Å². The number of halogens is 1. The molecule has 2 heterocycles. The van der Waals surface area contributed by atoms with Crippen LogP contribution in [0.2, 0.25) is 5.02 Å². The Morgan fingerprint density at radius 2 is 2.04 bits per heavy atom. The van der Waals surface area contributed by atoms with Gasteiger partial charge in [0.2, 0.25) is 5.91 Å². The Morgan fingerprint density at radius 1 is 1.30 bits per heavy atom. The monoisotopic (exact) mass is 388 g/mol. The van der Waals surface area contributed by atoms with Crippen molar-refractivity contribution in [3.05, 3.63) is 41.2 Å². The highest BCUT2D eigenvalue weighted by molar-refractivity contribution is 6.31. The molecule has 0 saturated carbocycles. The van der Waals surface area contributed by atoms with Gasteiger partial charge in [-0.05, 0) is 31.3 Å². The maximum absolute atomic E-state index is 12.1. The van der Waals surface area contributed by atoms with Crippen LogP contribution in [0.5, 0.6) is 5.75 Å². The van der Waals surface area contributed by atoms with Gasteiger partial charge in [0.25, 0.3) is 0 Å². The van der Waals surface area contributed by atoms with Crippen LogP contribution in [0.25, 0.3) is 11.4 Å². The molecule has 6 nitrogen and oxygen atoms in total. The fourth-order valence-electron chi connectivity index (χ4n) is 3.23. The van der Waals surface area contributed by atoms with Crippen molar-refractivity contribution in [2.75, 3.05) is 26.2 Å². The lowest BCUT2D eigenvalue weighted by molar-refractivity contribution is -0.121. The van der Waals surface area contributed by atoms with Gasteiger partial charge in [-0.25, -0.2) is 9.97 Å². The number of carbonyl (C=O) groups excluding carboxylic acids is 1. The van der Waals surface area contributed by atoms with Gasteiger partial charge in [-0.3, -0.25) is 4.79 Å². The van der Waals surface area contributed by atoms with Gasteiger partial charge in [-0.15, -0.1) is 0 Å². The summed E-state index contributed by atoms with van der Waals surface area (Å²) in [6.45, 7) is 7.36. The first-order valence-corrected chi connectivity index (χ1v) is 9.74. The third-order valence-electron chi connectivity index (χ3n) is 4.75. The van der Waals surface area contributed by atoms with E-state index in [0.29, 0.717) is 30.2 Å². The molecule has 0 aliphatic carbocycles. The molecule has 0 spiro atoms. The lowest BCUT2D eigenvalue weighted by Gasteiger charge is -2.18. The molecule has 144 valence electrons. The molecule has 0 radical (unpaired) electrons. The summed E-state index contributed by atoms with van der Waals surface area (Å²) in [7, 11) is 0. The van der Waals surface area contributed by atoms with E-state index in [9.17, 15) is 4.79 Å². The van der Waals surface area contributed by atoms with E-state index in [4.69, 9.17) is 16.3 Å². The maximum atomic E-state index is 12.1. The van der Waals surface area contributed by atoms with Gasteiger partial charge in [0.15, 0.2) is 5.82 Å². The third-order valence-corrected chi connectivity index (χ3v) is 4.96. The lowest BCUT2D eigenvalue weighted by Crippen LogP contribution is -2.36. The molecule has 1 aliphatic rings. The SMILES string of the molecule is CCN(CC)CCC(=O)NCC1Cc2cc(Cl)cc(-c3ncccn3)c2O1. The summed E-state index contributed by atoms with van der Waals surface area (Å²) in [6, 6.07) is 5.50. The van der Waals surface area contributed by atoms with Gasteiger partial charge < -0.3 is 15.0 Å². The van der Waals surface area contributed by atoms with Crippen molar-refractivity contribution in [3.63, 3.8) is 0 Å². The fourth-order valence-corrected chi connectivity index (χ4v) is 3.47. The van der Waals surface area contributed by atoms with Gasteiger partial charge in [-0.2, -0.15) is 0 Å². The van der Waals surface area contributed by atoms with Crippen LogP contribution in [-0.2, 0) is 11.2 Å². The molecule has 1 N–H and O–H groups in total. The van der Waals surface area contributed by atoms with Gasteiger partial charge in [0.05, 0.1) is 12.1 Å². The van der Waals surface area contributed by atoms with Crippen LogP contribution in [0.1, 0.15) is 25.8 Å². The smallest absolute Gasteiger partial charge is 0.221 e. The molecule has 1 unspecified atom stereocenters. The Kier molecular flexibility index (Phi) is 6.63. The zero-order valence-corrected chi connectivity index (χ0v) is 16.5. The van der Waals surface area contributed by atoms with Gasteiger partial charge in [-0.1, -0.05) is 25.4 Å². The van der Waals surface area contributed by atoms with E-state index < -0.39 is 0 Å². The quantitative estimate of drug-likeness (QED) is 0.753. The van der Waals surface area contributed by atoms with Gasteiger partial charge in [0.1, 0.15) is 11.9 Å². The molecule has 1 atom stereocenters. The normalized spacial score (nSPS) is 15.5. The minimum atomic E-state index is -0.113. The van der Waals surface area contributed by atoms with Crippen LogP contribution < -0.4 is 10.1 Å². The van der Waals surface area contributed by atoms with E-state index >= 15 is 0 Å². The zero-order chi connectivity index (χ0) is 19.2. The van der Waals surface area contributed by atoms with E-state index in [0.717, 1.165) is 36.5 Å². The van der Waals surface area contributed by atoms with Crippen molar-refractivity contribution in [3.8, 4) is 17.1 Å². The first-order chi connectivity index (χ1) is 13.1. The highest BCUT2D eigenvalue weighted by Gasteiger charge is 2.27. The summed E-state index contributed by atoms with van der Waals surface area (Å²) in [5, 5.41) is 3.61. The number of rotatable bonds is 8. The number of aromatic nitrogens is 2. The molecular formula is C20H25ClN4O2. The number of hydrogen-bond acceptors (Lipinski definition) is 5. The van der Waals surface area contributed by atoms with Crippen LogP contribution in [0.3, 0.4) is 0 Å². The van der Waals surface area contributed by atoms with Gasteiger partial charge >= 0.3 is 0 Å². The largest absolute Gasteiger partial charge is 0.487 e. The average molecular weight is 389 g/mol. The summed E-state index contributed by atoms with van der Waals surface area (Å²) >= 11 is 6.27. The predicted molar refractivity (Wildman–Crippen MR) is 106 cm³/mol. The molecule has 0 fully saturated rings. The number of carbonyl (C=O) groups is 1. The number of benzene rings is 1.